The minimum Gasteiger partial charge on any atom is -0.382 e. The highest BCUT2D eigenvalue weighted by Crippen LogP contribution is 2.34. The van der Waals surface area contributed by atoms with Crippen molar-refractivity contribution in [1.29, 1.82) is 0 Å². The lowest BCUT2D eigenvalue weighted by Crippen LogP contribution is -2.56. The van der Waals surface area contributed by atoms with Gasteiger partial charge in [-0.3, -0.25) is 4.79 Å². The lowest BCUT2D eigenvalue weighted by molar-refractivity contribution is -0.183. The van der Waals surface area contributed by atoms with Crippen molar-refractivity contribution in [3.63, 3.8) is 0 Å². The largest absolute Gasteiger partial charge is 0.382 e. The molecule has 0 radical (unpaired) electrons. The quantitative estimate of drug-likeness (QED) is 0.804. The summed E-state index contributed by atoms with van der Waals surface area (Å²) in [6.07, 6.45) is -2.82. The number of ketones is 1. The number of hydrogen-bond donors (Lipinski definition) is 1. The molecule has 0 aromatic heterocycles. The Morgan fingerprint density at radius 2 is 1.73 bits per heavy atom. The Kier molecular flexibility index (Phi) is 6.82. The average Bonchev–Trinajstić information content (AvgIpc) is 2.67. The summed E-state index contributed by atoms with van der Waals surface area (Å²) in [7, 11) is 1.50. The summed E-state index contributed by atoms with van der Waals surface area (Å²) in [6, 6.07) is 19.3. The maximum Gasteiger partial charge on any atom is 0.195 e. The summed E-state index contributed by atoms with van der Waals surface area (Å²) in [5, 5.41) is 10.5. The molecule has 26 heavy (non-hydrogen) atoms. The topological polar surface area (TPSA) is 65.0 Å². The van der Waals surface area contributed by atoms with E-state index in [1.54, 1.807) is 0 Å². The molecule has 0 amide bonds. The number of carbonyl (C=O) groups is 1. The SMILES string of the molecule is COC[C@H]1O[C@@H](Sc2ccccc2)[C@H](OCc2ccccc2)[C@@H](O)C1=O. The monoisotopic (exact) mass is 374 g/mol. The van der Waals surface area contributed by atoms with E-state index in [9.17, 15) is 9.90 Å². The highest BCUT2D eigenvalue weighted by molar-refractivity contribution is 7.99. The summed E-state index contributed by atoms with van der Waals surface area (Å²) in [5.41, 5.74) is 0.448. The van der Waals surface area contributed by atoms with Gasteiger partial charge in [0.25, 0.3) is 0 Å². The minimum absolute atomic E-state index is 0.104. The predicted molar refractivity (Wildman–Crippen MR) is 98.9 cm³/mol. The van der Waals surface area contributed by atoms with Crippen molar-refractivity contribution in [2.45, 2.75) is 35.3 Å². The van der Waals surface area contributed by atoms with Gasteiger partial charge in [0.1, 0.15) is 23.7 Å². The Balaban J connectivity index is 1.76. The lowest BCUT2D eigenvalue weighted by Gasteiger charge is -2.38. The molecule has 0 saturated carbocycles. The Bertz CT molecular complexity index is 694. The molecule has 3 rings (SSSR count). The summed E-state index contributed by atoms with van der Waals surface area (Å²) < 4.78 is 16.9. The van der Waals surface area contributed by atoms with Gasteiger partial charge in [0.15, 0.2) is 5.78 Å². The molecule has 138 valence electrons. The van der Waals surface area contributed by atoms with Crippen LogP contribution in [-0.4, -0.2) is 48.4 Å². The van der Waals surface area contributed by atoms with Crippen molar-refractivity contribution >= 4 is 17.5 Å². The van der Waals surface area contributed by atoms with Gasteiger partial charge in [0, 0.05) is 12.0 Å². The van der Waals surface area contributed by atoms with E-state index in [1.807, 2.05) is 60.7 Å². The maximum absolute atomic E-state index is 12.4. The second-order valence-electron chi connectivity index (χ2n) is 5.99. The van der Waals surface area contributed by atoms with E-state index in [-0.39, 0.29) is 6.61 Å². The van der Waals surface area contributed by atoms with E-state index < -0.39 is 29.5 Å². The van der Waals surface area contributed by atoms with Crippen LogP contribution in [0.4, 0.5) is 0 Å². The molecule has 2 aromatic carbocycles. The highest BCUT2D eigenvalue weighted by Gasteiger charge is 2.45. The molecular formula is C20H22O5S. The Morgan fingerprint density at radius 3 is 2.38 bits per heavy atom. The van der Waals surface area contributed by atoms with E-state index in [2.05, 4.69) is 0 Å². The molecule has 0 spiro atoms. The smallest absolute Gasteiger partial charge is 0.195 e. The molecule has 0 unspecified atom stereocenters. The van der Waals surface area contributed by atoms with Gasteiger partial charge in [-0.25, -0.2) is 0 Å². The molecule has 1 fully saturated rings. The number of thioether (sulfide) groups is 1. The van der Waals surface area contributed by atoms with Gasteiger partial charge in [-0.2, -0.15) is 0 Å². The third-order valence-electron chi connectivity index (χ3n) is 4.09. The van der Waals surface area contributed by atoms with Crippen molar-refractivity contribution in [2.24, 2.45) is 0 Å². The standard InChI is InChI=1S/C20H22O5S/c1-23-13-16-17(21)18(22)19(24-12-14-8-4-2-5-9-14)20(25-16)26-15-10-6-3-7-11-15/h2-11,16,18-20,22H,12-13H2,1H3/t16-,18+,19-,20+/m1/s1. The molecule has 6 heteroatoms. The molecule has 1 heterocycles. The molecular weight excluding hydrogens is 352 g/mol. The van der Waals surface area contributed by atoms with Gasteiger partial charge in [-0.15, -0.1) is 0 Å². The molecule has 1 saturated heterocycles. The van der Waals surface area contributed by atoms with Gasteiger partial charge >= 0.3 is 0 Å². The minimum atomic E-state index is -1.26. The van der Waals surface area contributed by atoms with Crippen LogP contribution in [0.15, 0.2) is 65.6 Å². The summed E-state index contributed by atoms with van der Waals surface area (Å²) in [5.74, 6) is -0.408. The van der Waals surface area contributed by atoms with Gasteiger partial charge in [0.2, 0.25) is 0 Å². The summed E-state index contributed by atoms with van der Waals surface area (Å²) >= 11 is 1.43. The van der Waals surface area contributed by atoms with Crippen LogP contribution in [-0.2, 0) is 25.6 Å². The molecule has 0 aliphatic carbocycles. The van der Waals surface area contributed by atoms with E-state index in [1.165, 1.54) is 18.9 Å². The number of ether oxygens (including phenoxy) is 3. The fourth-order valence-electron chi connectivity index (χ4n) is 2.74. The van der Waals surface area contributed by atoms with Gasteiger partial charge in [-0.05, 0) is 17.7 Å². The first-order valence-electron chi connectivity index (χ1n) is 8.42. The third kappa shape index (κ3) is 4.72. The zero-order chi connectivity index (χ0) is 18.4. The van der Waals surface area contributed by atoms with Crippen molar-refractivity contribution in [1.82, 2.24) is 0 Å². The molecule has 2 aromatic rings. The molecule has 4 atom stereocenters. The number of carbonyl (C=O) groups excluding carboxylic acids is 1. The first-order chi connectivity index (χ1) is 12.7. The van der Waals surface area contributed by atoms with Crippen LogP contribution in [0.25, 0.3) is 0 Å². The molecule has 5 nitrogen and oxygen atoms in total. The Labute approximate surface area is 157 Å². The van der Waals surface area contributed by atoms with Crippen LogP contribution < -0.4 is 0 Å². The zero-order valence-corrected chi connectivity index (χ0v) is 15.3. The van der Waals surface area contributed by atoms with Gasteiger partial charge in [-0.1, -0.05) is 60.3 Å². The van der Waals surface area contributed by atoms with Gasteiger partial charge in [0.05, 0.1) is 13.2 Å². The molecule has 1 aliphatic heterocycles. The van der Waals surface area contributed by atoms with E-state index >= 15 is 0 Å². The van der Waals surface area contributed by atoms with Crippen LogP contribution in [0.2, 0.25) is 0 Å². The zero-order valence-electron chi connectivity index (χ0n) is 14.5. The normalized spacial score (nSPS) is 26.0. The summed E-state index contributed by atoms with van der Waals surface area (Å²) in [6.45, 7) is 0.396. The van der Waals surface area contributed by atoms with Crippen molar-refractivity contribution < 1.29 is 24.1 Å². The second kappa shape index (κ2) is 9.30. The number of methoxy groups -OCH3 is 1. The first kappa shape index (κ1) is 19.1. The number of hydrogen-bond acceptors (Lipinski definition) is 6. The average molecular weight is 374 g/mol. The molecule has 1 N–H and O–H groups in total. The van der Waals surface area contributed by atoms with Crippen molar-refractivity contribution in [2.75, 3.05) is 13.7 Å². The van der Waals surface area contributed by atoms with Crippen LogP contribution in [0.1, 0.15) is 5.56 Å². The maximum atomic E-state index is 12.4. The molecule has 1 aliphatic rings. The number of benzene rings is 2. The van der Waals surface area contributed by atoms with Crippen LogP contribution >= 0.6 is 11.8 Å². The van der Waals surface area contributed by atoms with E-state index in [4.69, 9.17) is 14.2 Å². The Hall–Kier alpha value is -1.70. The van der Waals surface area contributed by atoms with Crippen LogP contribution in [0.5, 0.6) is 0 Å². The van der Waals surface area contributed by atoms with Crippen molar-refractivity contribution in [3.05, 3.63) is 66.2 Å². The number of aliphatic hydroxyl groups excluding tert-OH is 1. The van der Waals surface area contributed by atoms with Crippen molar-refractivity contribution in [3.8, 4) is 0 Å². The van der Waals surface area contributed by atoms with Crippen LogP contribution in [0, 0.1) is 0 Å². The van der Waals surface area contributed by atoms with E-state index in [0.29, 0.717) is 6.61 Å². The first-order valence-corrected chi connectivity index (χ1v) is 9.30. The van der Waals surface area contributed by atoms with E-state index in [0.717, 1.165) is 10.5 Å². The predicted octanol–water partition coefficient (Wildman–Crippen LogP) is 2.67. The van der Waals surface area contributed by atoms with Crippen LogP contribution in [0.3, 0.4) is 0 Å². The summed E-state index contributed by atoms with van der Waals surface area (Å²) in [4.78, 5) is 13.4. The second-order valence-corrected chi connectivity index (χ2v) is 7.16. The lowest BCUT2D eigenvalue weighted by atomic mass is 10.0. The fourth-order valence-corrected chi connectivity index (χ4v) is 3.88. The Morgan fingerprint density at radius 1 is 1.08 bits per heavy atom. The van der Waals surface area contributed by atoms with Gasteiger partial charge < -0.3 is 19.3 Å². The molecule has 0 bridgehead atoms. The number of Topliss-reactive ketones (excluding diaryl/α,β-unsaturated/α-hetero) is 1. The highest BCUT2D eigenvalue weighted by atomic mass is 32.2. The fraction of sp³-hybridized carbons (Fsp3) is 0.350. The number of aliphatic hydroxyl groups is 1. The third-order valence-corrected chi connectivity index (χ3v) is 5.24. The number of rotatable bonds is 7.